The summed E-state index contributed by atoms with van der Waals surface area (Å²) in [7, 11) is 1.70. The maximum atomic E-state index is 6.20. The SMILES string of the molecule is C=C(C[C@H](COCCCCCCCCCCCCCCCCCC)OCCCCCCCCCCCCCCCCCC)OC. The molecule has 0 aliphatic rings. The summed E-state index contributed by atoms with van der Waals surface area (Å²) in [4.78, 5) is 0. The largest absolute Gasteiger partial charge is 0.502 e. The van der Waals surface area contributed by atoms with E-state index in [4.69, 9.17) is 14.2 Å². The van der Waals surface area contributed by atoms with Crippen LogP contribution in [0.5, 0.6) is 0 Å². The third-order valence-electron chi connectivity index (χ3n) is 9.54. The van der Waals surface area contributed by atoms with Crippen LogP contribution in [0.25, 0.3) is 0 Å². The van der Waals surface area contributed by atoms with Crippen LogP contribution >= 0.6 is 0 Å². The normalized spacial score (nSPS) is 12.2. The lowest BCUT2D eigenvalue weighted by Gasteiger charge is -2.19. The molecule has 0 saturated carbocycles. The molecule has 0 aromatic rings. The molecule has 0 aromatic heterocycles. The van der Waals surface area contributed by atoms with Crippen molar-refractivity contribution in [1.82, 2.24) is 0 Å². The van der Waals surface area contributed by atoms with Gasteiger partial charge < -0.3 is 14.2 Å². The van der Waals surface area contributed by atoms with Crippen LogP contribution in [0, 0.1) is 0 Å². The van der Waals surface area contributed by atoms with Crippen LogP contribution in [0.15, 0.2) is 12.3 Å². The molecule has 1 atom stereocenters. The van der Waals surface area contributed by atoms with Gasteiger partial charge in [-0.05, 0) is 12.8 Å². The standard InChI is InChI=1S/C42H84O3/c1-5-7-9-11-13-15-17-19-21-23-25-27-29-31-33-35-37-44-40-42(39-41(3)43-4)45-38-36-34-32-30-28-26-24-22-20-18-16-14-12-10-8-6-2/h42H,3,5-40H2,1-2,4H3/t42-/m1/s1. The van der Waals surface area contributed by atoms with E-state index in [0.29, 0.717) is 6.61 Å². The fourth-order valence-corrected chi connectivity index (χ4v) is 6.37. The van der Waals surface area contributed by atoms with Crippen molar-refractivity contribution >= 4 is 0 Å². The van der Waals surface area contributed by atoms with E-state index < -0.39 is 0 Å². The second-order valence-corrected chi connectivity index (χ2v) is 14.1. The molecule has 0 spiro atoms. The first-order valence-corrected chi connectivity index (χ1v) is 20.7. The molecule has 0 amide bonds. The van der Waals surface area contributed by atoms with Gasteiger partial charge in [0.1, 0.15) is 0 Å². The minimum Gasteiger partial charge on any atom is -0.502 e. The van der Waals surface area contributed by atoms with E-state index in [-0.39, 0.29) is 6.10 Å². The van der Waals surface area contributed by atoms with E-state index in [1.165, 1.54) is 193 Å². The van der Waals surface area contributed by atoms with Crippen molar-refractivity contribution in [2.75, 3.05) is 26.9 Å². The summed E-state index contributed by atoms with van der Waals surface area (Å²) in [6.07, 6.45) is 45.5. The number of hydrogen-bond acceptors (Lipinski definition) is 3. The maximum Gasteiger partial charge on any atom is 0.0910 e. The molecule has 3 heteroatoms. The Morgan fingerprint density at radius 3 is 1.02 bits per heavy atom. The van der Waals surface area contributed by atoms with Gasteiger partial charge in [-0.1, -0.05) is 213 Å². The Morgan fingerprint density at radius 1 is 0.422 bits per heavy atom. The van der Waals surface area contributed by atoms with Crippen LogP contribution in [0.1, 0.15) is 226 Å². The van der Waals surface area contributed by atoms with Crippen LogP contribution in [0.3, 0.4) is 0 Å². The molecule has 270 valence electrons. The Morgan fingerprint density at radius 2 is 0.711 bits per heavy atom. The molecule has 0 saturated heterocycles. The predicted octanol–water partition coefficient (Wildman–Crippen LogP) is 14.5. The highest BCUT2D eigenvalue weighted by Crippen LogP contribution is 2.16. The van der Waals surface area contributed by atoms with Gasteiger partial charge in [-0.15, -0.1) is 0 Å². The molecular weight excluding hydrogens is 552 g/mol. The second-order valence-electron chi connectivity index (χ2n) is 14.1. The molecule has 0 N–H and O–H groups in total. The first-order chi connectivity index (χ1) is 22.2. The molecule has 0 fully saturated rings. The van der Waals surface area contributed by atoms with Crippen molar-refractivity contribution in [2.45, 2.75) is 232 Å². The van der Waals surface area contributed by atoms with E-state index in [2.05, 4.69) is 20.4 Å². The van der Waals surface area contributed by atoms with Crippen molar-refractivity contribution in [3.63, 3.8) is 0 Å². The zero-order valence-corrected chi connectivity index (χ0v) is 31.5. The number of ether oxygens (including phenoxy) is 3. The maximum absolute atomic E-state index is 6.20. The summed E-state index contributed by atoms with van der Waals surface area (Å²) in [5, 5.41) is 0. The van der Waals surface area contributed by atoms with Gasteiger partial charge in [0.05, 0.1) is 25.6 Å². The number of unbranched alkanes of at least 4 members (excludes halogenated alkanes) is 30. The quantitative estimate of drug-likeness (QED) is 0.0495. The van der Waals surface area contributed by atoms with Gasteiger partial charge in [0.15, 0.2) is 0 Å². The average Bonchev–Trinajstić information content (AvgIpc) is 3.05. The van der Waals surface area contributed by atoms with E-state index in [1.807, 2.05) is 0 Å². The van der Waals surface area contributed by atoms with Crippen LogP contribution in [-0.2, 0) is 14.2 Å². The fraction of sp³-hybridized carbons (Fsp3) is 0.952. The molecule has 0 heterocycles. The topological polar surface area (TPSA) is 27.7 Å². The summed E-state index contributed by atoms with van der Waals surface area (Å²) in [5.41, 5.74) is 0. The van der Waals surface area contributed by atoms with Crippen molar-refractivity contribution in [2.24, 2.45) is 0 Å². The van der Waals surface area contributed by atoms with Gasteiger partial charge in [0, 0.05) is 19.6 Å². The molecule has 0 aliphatic carbocycles. The van der Waals surface area contributed by atoms with Crippen molar-refractivity contribution in [1.29, 1.82) is 0 Å². The van der Waals surface area contributed by atoms with Crippen molar-refractivity contribution in [3.8, 4) is 0 Å². The zero-order chi connectivity index (χ0) is 32.7. The lowest BCUT2D eigenvalue weighted by atomic mass is 10.0. The first kappa shape index (κ1) is 44.5. The lowest BCUT2D eigenvalue weighted by molar-refractivity contribution is -0.0232. The van der Waals surface area contributed by atoms with Crippen LogP contribution in [-0.4, -0.2) is 33.0 Å². The van der Waals surface area contributed by atoms with E-state index in [9.17, 15) is 0 Å². The highest BCUT2D eigenvalue weighted by Gasteiger charge is 2.12. The van der Waals surface area contributed by atoms with E-state index in [0.717, 1.165) is 38.2 Å². The lowest BCUT2D eigenvalue weighted by Crippen LogP contribution is -2.22. The van der Waals surface area contributed by atoms with Crippen molar-refractivity contribution in [3.05, 3.63) is 12.3 Å². The van der Waals surface area contributed by atoms with Gasteiger partial charge in [0.25, 0.3) is 0 Å². The molecule has 0 aliphatic heterocycles. The Labute approximate surface area is 284 Å². The molecule has 0 rings (SSSR count). The van der Waals surface area contributed by atoms with Crippen LogP contribution in [0.4, 0.5) is 0 Å². The summed E-state index contributed by atoms with van der Waals surface area (Å²) in [6, 6.07) is 0. The van der Waals surface area contributed by atoms with Crippen LogP contribution < -0.4 is 0 Å². The highest BCUT2D eigenvalue weighted by atomic mass is 16.5. The minimum atomic E-state index is 0.0647. The van der Waals surface area contributed by atoms with Gasteiger partial charge in [-0.3, -0.25) is 0 Å². The Kier molecular flexibility index (Phi) is 39.2. The Bertz CT molecular complexity index is 548. The fourth-order valence-electron chi connectivity index (χ4n) is 6.37. The van der Waals surface area contributed by atoms with E-state index >= 15 is 0 Å². The monoisotopic (exact) mass is 637 g/mol. The smallest absolute Gasteiger partial charge is 0.0910 e. The first-order valence-electron chi connectivity index (χ1n) is 20.7. The van der Waals surface area contributed by atoms with Gasteiger partial charge >= 0.3 is 0 Å². The third-order valence-corrected chi connectivity index (χ3v) is 9.54. The molecular formula is C42H84O3. The third kappa shape index (κ3) is 37.8. The average molecular weight is 637 g/mol. The number of rotatable bonds is 40. The number of methoxy groups -OCH3 is 1. The summed E-state index contributed by atoms with van der Waals surface area (Å²) in [5.74, 6) is 0.790. The predicted molar refractivity (Wildman–Crippen MR) is 200 cm³/mol. The molecule has 0 aromatic carbocycles. The minimum absolute atomic E-state index is 0.0647. The molecule has 0 unspecified atom stereocenters. The van der Waals surface area contributed by atoms with Gasteiger partial charge in [-0.25, -0.2) is 0 Å². The van der Waals surface area contributed by atoms with E-state index in [1.54, 1.807) is 7.11 Å². The molecule has 0 radical (unpaired) electrons. The Hall–Kier alpha value is -0.540. The summed E-state index contributed by atoms with van der Waals surface area (Å²) >= 11 is 0. The molecule has 3 nitrogen and oxygen atoms in total. The summed E-state index contributed by atoms with van der Waals surface area (Å²) < 4.78 is 17.6. The summed E-state index contributed by atoms with van der Waals surface area (Å²) in [6.45, 7) is 10.9. The van der Waals surface area contributed by atoms with Gasteiger partial charge in [0.2, 0.25) is 0 Å². The number of hydrogen-bond donors (Lipinski definition) is 0. The second kappa shape index (κ2) is 39.6. The zero-order valence-electron chi connectivity index (χ0n) is 31.5. The molecule has 0 bridgehead atoms. The highest BCUT2D eigenvalue weighted by molar-refractivity contribution is 4.85. The van der Waals surface area contributed by atoms with Crippen LogP contribution in [0.2, 0.25) is 0 Å². The van der Waals surface area contributed by atoms with Gasteiger partial charge in [-0.2, -0.15) is 0 Å². The Balaban J connectivity index is 3.54. The molecule has 45 heavy (non-hydrogen) atoms. The van der Waals surface area contributed by atoms with Crippen molar-refractivity contribution < 1.29 is 14.2 Å².